The summed E-state index contributed by atoms with van der Waals surface area (Å²) in [4.78, 5) is 0. The first-order valence-corrected chi connectivity index (χ1v) is 5.63. The minimum absolute atomic E-state index is 0.963. The minimum atomic E-state index is 0.963. The van der Waals surface area contributed by atoms with Gasteiger partial charge in [0.25, 0.3) is 0 Å². The monoisotopic (exact) mass is 212 g/mol. The molecule has 0 heterocycles. The molecular weight excluding hydrogens is 192 g/mol. The van der Waals surface area contributed by atoms with E-state index in [2.05, 4.69) is 37.5 Å². The first kappa shape index (κ1) is 14.3. The highest BCUT2D eigenvalue weighted by molar-refractivity contribution is 5.44. The number of aryl methyl sites for hydroxylation is 1. The number of benzene rings is 1. The maximum Gasteiger partial charge on any atom is 0.0249 e. The Bertz CT molecular complexity index is 394. The molecule has 0 aromatic heterocycles. The Hall–Kier alpha value is -1.74. The van der Waals surface area contributed by atoms with Crippen molar-refractivity contribution in [1.82, 2.24) is 0 Å². The lowest BCUT2D eigenvalue weighted by atomic mass is 10.1. The van der Waals surface area contributed by atoms with Crippen LogP contribution < -0.4 is 0 Å². The molecule has 0 amide bonds. The Labute approximate surface area is 99.7 Å². The van der Waals surface area contributed by atoms with Gasteiger partial charge in [-0.3, -0.25) is 0 Å². The van der Waals surface area contributed by atoms with Crippen LogP contribution in [0.4, 0.5) is 0 Å². The van der Waals surface area contributed by atoms with E-state index in [1.54, 1.807) is 6.08 Å². The molecule has 1 aromatic carbocycles. The van der Waals surface area contributed by atoms with Gasteiger partial charge >= 0.3 is 0 Å². The minimum Gasteiger partial charge on any atom is -0.0978 e. The molecule has 0 radical (unpaired) electrons. The molecule has 0 nitrogen and oxygen atoms in total. The van der Waals surface area contributed by atoms with Crippen LogP contribution in [0, 0.1) is 18.8 Å². The van der Waals surface area contributed by atoms with E-state index < -0.39 is 0 Å². The van der Waals surface area contributed by atoms with Crippen LogP contribution in [0.2, 0.25) is 0 Å². The van der Waals surface area contributed by atoms with Crippen LogP contribution in [0.25, 0.3) is 0 Å². The van der Waals surface area contributed by atoms with Crippen LogP contribution in [0.15, 0.2) is 48.6 Å². The fourth-order valence-corrected chi connectivity index (χ4v) is 1.02. The highest BCUT2D eigenvalue weighted by Gasteiger charge is 1.85. The molecule has 0 saturated carbocycles. The quantitative estimate of drug-likeness (QED) is 0.475. The summed E-state index contributed by atoms with van der Waals surface area (Å²) < 4.78 is 0. The van der Waals surface area contributed by atoms with Gasteiger partial charge < -0.3 is 0 Å². The van der Waals surface area contributed by atoms with E-state index in [4.69, 9.17) is 0 Å². The molecule has 0 spiro atoms. The highest BCUT2D eigenvalue weighted by atomic mass is 13.9. The van der Waals surface area contributed by atoms with Crippen LogP contribution >= 0.6 is 0 Å². The van der Waals surface area contributed by atoms with E-state index in [0.717, 1.165) is 11.1 Å². The van der Waals surface area contributed by atoms with Crippen molar-refractivity contribution in [2.75, 3.05) is 0 Å². The summed E-state index contributed by atoms with van der Waals surface area (Å²) in [6.07, 6.45) is 3.72. The van der Waals surface area contributed by atoms with Crippen molar-refractivity contribution in [2.24, 2.45) is 0 Å². The Morgan fingerprint density at radius 3 is 2.19 bits per heavy atom. The van der Waals surface area contributed by atoms with Crippen molar-refractivity contribution in [3.05, 3.63) is 59.7 Å². The lowest BCUT2D eigenvalue weighted by Crippen LogP contribution is -1.76. The molecule has 0 heteroatoms. The summed E-state index contributed by atoms with van der Waals surface area (Å²) in [6.45, 7) is 11.7. The average Bonchev–Trinajstić information content (AvgIpc) is 2.35. The summed E-state index contributed by atoms with van der Waals surface area (Å²) >= 11 is 0. The first-order chi connectivity index (χ1) is 7.76. The normalized spacial score (nSPS) is 9.38. The molecule has 0 bridgehead atoms. The maximum absolute atomic E-state index is 3.69. The molecule has 0 aliphatic rings. The maximum atomic E-state index is 3.69. The van der Waals surface area contributed by atoms with Gasteiger partial charge in [0.1, 0.15) is 0 Å². The van der Waals surface area contributed by atoms with Crippen LogP contribution in [-0.2, 0) is 0 Å². The molecule has 1 aromatic rings. The van der Waals surface area contributed by atoms with Gasteiger partial charge in [-0.05, 0) is 26.0 Å². The molecule has 0 fully saturated rings. The summed E-state index contributed by atoms with van der Waals surface area (Å²) in [5.41, 5.74) is 3.26. The van der Waals surface area contributed by atoms with Gasteiger partial charge in [-0.2, -0.15) is 0 Å². The van der Waals surface area contributed by atoms with Gasteiger partial charge in [0.2, 0.25) is 0 Å². The zero-order chi connectivity index (χ0) is 12.4. The second kappa shape index (κ2) is 8.56. The van der Waals surface area contributed by atoms with Crippen molar-refractivity contribution in [1.29, 1.82) is 0 Å². The Kier molecular flexibility index (Phi) is 7.63. The van der Waals surface area contributed by atoms with Crippen LogP contribution in [0.1, 0.15) is 31.9 Å². The molecule has 0 aliphatic carbocycles. The largest absolute Gasteiger partial charge is 0.0978 e. The van der Waals surface area contributed by atoms with Crippen molar-refractivity contribution in [3.8, 4) is 11.8 Å². The topological polar surface area (TPSA) is 0 Å². The Balaban J connectivity index is 0.00000106. The van der Waals surface area contributed by atoms with Crippen LogP contribution in [-0.4, -0.2) is 0 Å². The predicted molar refractivity (Wildman–Crippen MR) is 73.4 cm³/mol. The van der Waals surface area contributed by atoms with E-state index in [0.29, 0.717) is 0 Å². The summed E-state index contributed by atoms with van der Waals surface area (Å²) in [7, 11) is 0. The van der Waals surface area contributed by atoms with Crippen molar-refractivity contribution in [2.45, 2.75) is 27.7 Å². The van der Waals surface area contributed by atoms with E-state index in [9.17, 15) is 0 Å². The summed E-state index contributed by atoms with van der Waals surface area (Å²) in [5.74, 6) is 6.13. The molecule has 0 saturated heterocycles. The second-order valence-electron chi connectivity index (χ2n) is 3.06. The number of hydrogen-bond donors (Lipinski definition) is 0. The smallest absolute Gasteiger partial charge is 0.0249 e. The number of rotatable bonds is 1. The SMILES string of the molecule is C=C/C(C#Cc1ccc(C)cc1)=C\C.CC. The zero-order valence-electron chi connectivity index (χ0n) is 10.7. The van der Waals surface area contributed by atoms with E-state index in [1.165, 1.54) is 5.56 Å². The predicted octanol–water partition coefficient (Wildman–Crippen LogP) is 4.51. The van der Waals surface area contributed by atoms with Gasteiger partial charge in [-0.15, -0.1) is 0 Å². The lowest BCUT2D eigenvalue weighted by molar-refractivity contribution is 1.46. The third-order valence-electron chi connectivity index (χ3n) is 1.93. The average molecular weight is 212 g/mol. The van der Waals surface area contributed by atoms with Crippen LogP contribution in [0.5, 0.6) is 0 Å². The van der Waals surface area contributed by atoms with Crippen molar-refractivity contribution >= 4 is 0 Å². The molecule has 16 heavy (non-hydrogen) atoms. The molecule has 1 rings (SSSR count). The third kappa shape index (κ3) is 5.22. The summed E-state index contributed by atoms with van der Waals surface area (Å²) in [6, 6.07) is 8.18. The van der Waals surface area contributed by atoms with Crippen molar-refractivity contribution < 1.29 is 0 Å². The molecular formula is C16H20. The van der Waals surface area contributed by atoms with E-state index >= 15 is 0 Å². The highest BCUT2D eigenvalue weighted by Crippen LogP contribution is 2.01. The van der Waals surface area contributed by atoms with Crippen LogP contribution in [0.3, 0.4) is 0 Å². The van der Waals surface area contributed by atoms with Gasteiger partial charge in [-0.25, -0.2) is 0 Å². The standard InChI is InChI=1S/C14H14.C2H6/c1-4-13(5-2)10-11-14-8-6-12(3)7-9-14;1-2/h4-9H,1H2,2-3H3;1-2H3/b13-5+;. The molecule has 84 valence electrons. The zero-order valence-corrected chi connectivity index (χ0v) is 10.7. The van der Waals surface area contributed by atoms with E-state index in [1.807, 2.05) is 39.0 Å². The van der Waals surface area contributed by atoms with Gasteiger partial charge in [-0.1, -0.05) is 62.1 Å². The van der Waals surface area contributed by atoms with E-state index in [-0.39, 0.29) is 0 Å². The Morgan fingerprint density at radius 2 is 1.75 bits per heavy atom. The molecule has 0 unspecified atom stereocenters. The van der Waals surface area contributed by atoms with Gasteiger partial charge in [0.05, 0.1) is 0 Å². The molecule has 0 aliphatic heterocycles. The Morgan fingerprint density at radius 1 is 1.19 bits per heavy atom. The molecule has 0 atom stereocenters. The first-order valence-electron chi connectivity index (χ1n) is 5.63. The number of hydrogen-bond acceptors (Lipinski definition) is 0. The van der Waals surface area contributed by atoms with Gasteiger partial charge in [0, 0.05) is 11.1 Å². The fourth-order valence-electron chi connectivity index (χ4n) is 1.02. The number of allylic oxidation sites excluding steroid dienone is 3. The van der Waals surface area contributed by atoms with Gasteiger partial charge in [0.15, 0.2) is 0 Å². The second-order valence-corrected chi connectivity index (χ2v) is 3.06. The van der Waals surface area contributed by atoms with Crippen molar-refractivity contribution in [3.63, 3.8) is 0 Å². The molecule has 0 N–H and O–H groups in total. The fraction of sp³-hybridized carbons (Fsp3) is 0.250. The lowest BCUT2D eigenvalue weighted by Gasteiger charge is -1.91. The third-order valence-corrected chi connectivity index (χ3v) is 1.93. The summed E-state index contributed by atoms with van der Waals surface area (Å²) in [5, 5.41) is 0.